The number of primary amides is 1. The Morgan fingerprint density at radius 2 is 1.80 bits per heavy atom. The van der Waals surface area contributed by atoms with Crippen molar-refractivity contribution in [2.75, 3.05) is 31.6 Å². The van der Waals surface area contributed by atoms with E-state index in [1.807, 2.05) is 18.2 Å². The number of nitrogens with two attached hydrogens (primary N) is 1. The minimum atomic E-state index is -0.227. The normalized spacial score (nSPS) is 28.4. The number of pyridine rings is 1. The van der Waals surface area contributed by atoms with Gasteiger partial charge in [0.25, 0.3) is 0 Å². The van der Waals surface area contributed by atoms with E-state index in [1.165, 1.54) is 19.3 Å². The molecule has 6 nitrogen and oxygen atoms in total. The van der Waals surface area contributed by atoms with Crippen molar-refractivity contribution in [3.8, 4) is 0 Å². The standard InChI is InChI=1S/C29H42N4O2/c1-28(2,18-34)17-31-9-4-10-32-25-8-7-22-23(5-3-6-24(22)33-25)26(27(30)35)29-14-19-11-20(15-29)13-21(12-19)16-29/h3,5-8,19-21,26,31,34H,4,9-18H2,1-2H3,(H2,30,35)(H,32,33). The maximum Gasteiger partial charge on any atom is 0.225 e. The lowest BCUT2D eigenvalue weighted by Gasteiger charge is -2.59. The molecule has 1 atom stereocenters. The molecular weight excluding hydrogens is 436 g/mol. The van der Waals surface area contributed by atoms with Crippen LogP contribution in [0.5, 0.6) is 0 Å². The van der Waals surface area contributed by atoms with Gasteiger partial charge in [0.2, 0.25) is 5.91 Å². The molecule has 1 amide bonds. The smallest absolute Gasteiger partial charge is 0.225 e. The van der Waals surface area contributed by atoms with Crippen LogP contribution in [0.15, 0.2) is 30.3 Å². The molecule has 6 rings (SSSR count). The number of aliphatic hydroxyl groups excluding tert-OH is 1. The molecule has 1 aromatic carbocycles. The molecule has 0 spiro atoms. The fourth-order valence-electron chi connectivity index (χ4n) is 7.76. The van der Waals surface area contributed by atoms with Crippen molar-refractivity contribution < 1.29 is 9.90 Å². The lowest BCUT2D eigenvalue weighted by Crippen LogP contribution is -2.51. The predicted octanol–water partition coefficient (Wildman–Crippen LogP) is 4.43. The molecule has 190 valence electrons. The number of fused-ring (bicyclic) bond motifs is 1. The van der Waals surface area contributed by atoms with Crippen molar-refractivity contribution in [1.29, 1.82) is 0 Å². The summed E-state index contributed by atoms with van der Waals surface area (Å²) in [4.78, 5) is 17.9. The Hall–Kier alpha value is -2.18. The third kappa shape index (κ3) is 5.05. The number of nitrogens with zero attached hydrogens (tertiary/aromatic N) is 1. The van der Waals surface area contributed by atoms with Gasteiger partial charge < -0.3 is 21.5 Å². The second kappa shape index (κ2) is 9.70. The summed E-state index contributed by atoms with van der Waals surface area (Å²) in [6, 6.07) is 10.4. The summed E-state index contributed by atoms with van der Waals surface area (Å²) < 4.78 is 0. The lowest BCUT2D eigenvalue weighted by molar-refractivity contribution is -0.130. The first kappa shape index (κ1) is 24.5. The Morgan fingerprint density at radius 3 is 2.43 bits per heavy atom. The van der Waals surface area contributed by atoms with Gasteiger partial charge in [-0.25, -0.2) is 4.98 Å². The van der Waals surface area contributed by atoms with Crippen molar-refractivity contribution in [3.05, 3.63) is 35.9 Å². The number of benzene rings is 1. The fourth-order valence-corrected chi connectivity index (χ4v) is 7.76. The predicted molar refractivity (Wildman–Crippen MR) is 141 cm³/mol. The zero-order valence-electron chi connectivity index (χ0n) is 21.4. The van der Waals surface area contributed by atoms with Gasteiger partial charge in [-0.2, -0.15) is 0 Å². The van der Waals surface area contributed by atoms with Crippen LogP contribution in [-0.2, 0) is 4.79 Å². The molecule has 1 heterocycles. The number of amides is 1. The van der Waals surface area contributed by atoms with Crippen LogP contribution >= 0.6 is 0 Å². The van der Waals surface area contributed by atoms with E-state index in [1.54, 1.807) is 0 Å². The summed E-state index contributed by atoms with van der Waals surface area (Å²) in [7, 11) is 0. The molecule has 4 aliphatic rings. The number of aromatic nitrogens is 1. The van der Waals surface area contributed by atoms with Crippen molar-refractivity contribution in [1.82, 2.24) is 10.3 Å². The third-order valence-corrected chi connectivity index (χ3v) is 8.93. The lowest BCUT2D eigenvalue weighted by atomic mass is 9.45. The van der Waals surface area contributed by atoms with Crippen LogP contribution < -0.4 is 16.4 Å². The van der Waals surface area contributed by atoms with Crippen LogP contribution in [0.25, 0.3) is 10.9 Å². The van der Waals surface area contributed by atoms with E-state index in [2.05, 4.69) is 36.6 Å². The largest absolute Gasteiger partial charge is 0.396 e. The number of hydrogen-bond donors (Lipinski definition) is 4. The Balaban J connectivity index is 1.29. The molecule has 0 saturated heterocycles. The highest BCUT2D eigenvalue weighted by Gasteiger charge is 2.56. The molecule has 0 aliphatic heterocycles. The van der Waals surface area contributed by atoms with Gasteiger partial charge in [-0.15, -0.1) is 0 Å². The monoisotopic (exact) mass is 478 g/mol. The van der Waals surface area contributed by atoms with Crippen LogP contribution in [0.3, 0.4) is 0 Å². The van der Waals surface area contributed by atoms with Gasteiger partial charge >= 0.3 is 0 Å². The van der Waals surface area contributed by atoms with Crippen molar-refractivity contribution in [3.63, 3.8) is 0 Å². The Kier molecular flexibility index (Phi) is 6.79. The third-order valence-electron chi connectivity index (χ3n) is 8.93. The maximum atomic E-state index is 13.0. The summed E-state index contributed by atoms with van der Waals surface area (Å²) in [6.07, 6.45) is 8.48. The highest BCUT2D eigenvalue weighted by Crippen LogP contribution is 2.64. The molecule has 1 unspecified atom stereocenters. The molecule has 4 bridgehead atoms. The summed E-state index contributed by atoms with van der Waals surface area (Å²) in [5, 5.41) is 17.3. The minimum absolute atomic E-state index is 0.0311. The van der Waals surface area contributed by atoms with Crippen LogP contribution in [0.4, 0.5) is 5.82 Å². The number of anilines is 1. The van der Waals surface area contributed by atoms with Gasteiger partial charge in [0, 0.05) is 30.5 Å². The van der Waals surface area contributed by atoms with E-state index in [9.17, 15) is 9.90 Å². The SMILES string of the molecule is CC(C)(CO)CNCCCNc1ccc2c(C(C(N)=O)C34CC5CC(CC(C5)C3)C4)cccc2n1. The van der Waals surface area contributed by atoms with E-state index in [4.69, 9.17) is 10.7 Å². The van der Waals surface area contributed by atoms with Crippen molar-refractivity contribution in [2.45, 2.75) is 64.7 Å². The number of carbonyl (C=O) groups excluding carboxylic acids is 1. The number of aliphatic hydroxyl groups is 1. The van der Waals surface area contributed by atoms with Crippen LogP contribution in [-0.4, -0.2) is 42.2 Å². The maximum absolute atomic E-state index is 13.0. The van der Waals surface area contributed by atoms with Crippen LogP contribution in [0, 0.1) is 28.6 Å². The van der Waals surface area contributed by atoms with Gasteiger partial charge in [0.05, 0.1) is 11.4 Å². The summed E-state index contributed by atoms with van der Waals surface area (Å²) in [5.74, 6) is 2.78. The van der Waals surface area contributed by atoms with Crippen molar-refractivity contribution >= 4 is 22.6 Å². The second-order valence-electron chi connectivity index (χ2n) is 12.5. The zero-order valence-corrected chi connectivity index (χ0v) is 21.4. The first-order valence-electron chi connectivity index (χ1n) is 13.5. The molecular formula is C29H42N4O2. The Labute approximate surface area is 209 Å². The number of rotatable bonds is 11. The number of carbonyl (C=O) groups is 1. The molecule has 2 aromatic rings. The first-order chi connectivity index (χ1) is 16.8. The zero-order chi connectivity index (χ0) is 24.6. The quantitative estimate of drug-likeness (QED) is 0.358. The molecule has 35 heavy (non-hydrogen) atoms. The molecule has 0 radical (unpaired) electrons. The molecule has 1 aromatic heterocycles. The van der Waals surface area contributed by atoms with Gasteiger partial charge in [0.15, 0.2) is 0 Å². The second-order valence-corrected chi connectivity index (χ2v) is 12.5. The highest BCUT2D eigenvalue weighted by molar-refractivity contribution is 5.92. The molecule has 4 fully saturated rings. The molecule has 5 N–H and O–H groups in total. The minimum Gasteiger partial charge on any atom is -0.396 e. The highest BCUT2D eigenvalue weighted by atomic mass is 16.3. The summed E-state index contributed by atoms with van der Waals surface area (Å²) >= 11 is 0. The summed E-state index contributed by atoms with van der Waals surface area (Å²) in [5.41, 5.74) is 8.10. The van der Waals surface area contributed by atoms with E-state index in [0.29, 0.717) is 0 Å². The topological polar surface area (TPSA) is 100 Å². The van der Waals surface area contributed by atoms with Crippen molar-refractivity contribution in [2.24, 2.45) is 34.3 Å². The van der Waals surface area contributed by atoms with Crippen LogP contribution in [0.2, 0.25) is 0 Å². The van der Waals surface area contributed by atoms with Gasteiger partial charge in [-0.05, 0) is 98.4 Å². The molecule has 4 aliphatic carbocycles. The van der Waals surface area contributed by atoms with Crippen LogP contribution in [0.1, 0.15) is 70.3 Å². The van der Waals surface area contributed by atoms with Gasteiger partial charge in [-0.3, -0.25) is 4.79 Å². The van der Waals surface area contributed by atoms with E-state index in [-0.39, 0.29) is 29.3 Å². The summed E-state index contributed by atoms with van der Waals surface area (Å²) in [6.45, 7) is 6.79. The van der Waals surface area contributed by atoms with E-state index in [0.717, 1.165) is 85.4 Å². The van der Waals surface area contributed by atoms with E-state index < -0.39 is 0 Å². The molecule has 4 saturated carbocycles. The Bertz CT molecular complexity index is 1030. The number of nitrogens with one attached hydrogen (secondary N) is 2. The average Bonchev–Trinajstić information content (AvgIpc) is 2.80. The molecule has 6 heteroatoms. The first-order valence-corrected chi connectivity index (χ1v) is 13.5. The van der Waals surface area contributed by atoms with Gasteiger partial charge in [0.1, 0.15) is 5.82 Å². The van der Waals surface area contributed by atoms with Gasteiger partial charge in [-0.1, -0.05) is 26.0 Å². The fraction of sp³-hybridized carbons (Fsp3) is 0.655. The number of hydrogen-bond acceptors (Lipinski definition) is 5. The average molecular weight is 479 g/mol. The van der Waals surface area contributed by atoms with E-state index >= 15 is 0 Å². The Morgan fingerprint density at radius 1 is 1.11 bits per heavy atom.